The second kappa shape index (κ2) is 3.99. The number of pyridine rings is 1. The van der Waals surface area contributed by atoms with E-state index < -0.39 is 0 Å². The fourth-order valence-corrected chi connectivity index (χ4v) is 1.32. The minimum Gasteiger partial charge on any atom is -0.244 e. The molecule has 0 spiro atoms. The molecule has 2 nitrogen and oxygen atoms in total. The van der Waals surface area contributed by atoms with Crippen LogP contribution in [-0.2, 0) is 0 Å². The zero-order chi connectivity index (χ0) is 8.10. The molecular weight excluding hydrogens is 156 g/mol. The van der Waals surface area contributed by atoms with Gasteiger partial charge in [-0.2, -0.15) is 5.26 Å². The Morgan fingerprint density at radius 1 is 1.64 bits per heavy atom. The van der Waals surface area contributed by atoms with Crippen LogP contribution in [0, 0.1) is 11.3 Å². The highest BCUT2D eigenvalue weighted by atomic mass is 32.2. The zero-order valence-electron chi connectivity index (χ0n) is 6.24. The van der Waals surface area contributed by atoms with Crippen molar-refractivity contribution in [2.24, 2.45) is 0 Å². The maximum atomic E-state index is 8.44. The van der Waals surface area contributed by atoms with E-state index in [0.717, 1.165) is 10.6 Å². The molecule has 1 rings (SSSR count). The lowest BCUT2D eigenvalue weighted by Gasteiger charge is -1.95. The fraction of sp³-hybridized carbons (Fsp3) is 0.250. The van der Waals surface area contributed by atoms with Crippen LogP contribution in [-0.4, -0.2) is 10.7 Å². The Bertz CT molecular complexity index is 260. The van der Waals surface area contributed by atoms with Crippen molar-refractivity contribution < 1.29 is 0 Å². The first-order chi connectivity index (χ1) is 5.36. The summed E-state index contributed by atoms with van der Waals surface area (Å²) in [7, 11) is 0. The van der Waals surface area contributed by atoms with Crippen LogP contribution in [0.4, 0.5) is 0 Å². The van der Waals surface area contributed by atoms with Crippen molar-refractivity contribution in [3.8, 4) is 6.07 Å². The van der Waals surface area contributed by atoms with E-state index in [1.165, 1.54) is 0 Å². The summed E-state index contributed by atoms with van der Waals surface area (Å²) in [5, 5.41) is 8.44. The van der Waals surface area contributed by atoms with Crippen molar-refractivity contribution in [1.29, 1.82) is 5.26 Å². The molecule has 1 heterocycles. The predicted octanol–water partition coefficient (Wildman–Crippen LogP) is 2.07. The van der Waals surface area contributed by atoms with Gasteiger partial charge in [-0.3, -0.25) is 0 Å². The van der Waals surface area contributed by atoms with Gasteiger partial charge in [0.15, 0.2) is 0 Å². The molecular formula is C8H8N2S. The lowest BCUT2D eigenvalue weighted by molar-refractivity contribution is 1.19. The van der Waals surface area contributed by atoms with Gasteiger partial charge in [0.25, 0.3) is 0 Å². The summed E-state index contributed by atoms with van der Waals surface area (Å²) in [5.74, 6) is 1.04. The van der Waals surface area contributed by atoms with Crippen LogP contribution in [0.5, 0.6) is 0 Å². The third-order valence-electron chi connectivity index (χ3n) is 1.16. The molecule has 0 bridgehead atoms. The maximum Gasteiger partial charge on any atom is 0.140 e. The minimum absolute atomic E-state index is 0.477. The molecule has 0 amide bonds. The quantitative estimate of drug-likeness (QED) is 0.628. The summed E-state index contributed by atoms with van der Waals surface area (Å²) < 4.78 is 0. The molecule has 11 heavy (non-hydrogen) atoms. The summed E-state index contributed by atoms with van der Waals surface area (Å²) in [6, 6.07) is 5.63. The van der Waals surface area contributed by atoms with Gasteiger partial charge in [0.05, 0.1) is 0 Å². The summed E-state index contributed by atoms with van der Waals surface area (Å²) >= 11 is 1.72. The zero-order valence-corrected chi connectivity index (χ0v) is 7.06. The van der Waals surface area contributed by atoms with Gasteiger partial charge in [0, 0.05) is 11.1 Å². The monoisotopic (exact) mass is 164 g/mol. The molecule has 1 aromatic heterocycles. The Kier molecular flexibility index (Phi) is 2.94. The van der Waals surface area contributed by atoms with Gasteiger partial charge >= 0.3 is 0 Å². The van der Waals surface area contributed by atoms with Crippen molar-refractivity contribution in [1.82, 2.24) is 4.98 Å². The molecule has 0 aliphatic heterocycles. The fourth-order valence-electron chi connectivity index (χ4n) is 0.698. The third kappa shape index (κ3) is 2.24. The molecule has 0 saturated carbocycles. The molecule has 0 unspecified atom stereocenters. The molecule has 0 aliphatic rings. The number of nitrogens with zero attached hydrogens (tertiary/aromatic N) is 2. The summed E-state index contributed by atoms with van der Waals surface area (Å²) in [6.07, 6.45) is 1.73. The van der Waals surface area contributed by atoms with Crippen molar-refractivity contribution >= 4 is 11.8 Å². The molecule has 0 N–H and O–H groups in total. The van der Waals surface area contributed by atoms with Crippen LogP contribution >= 0.6 is 11.8 Å². The number of rotatable bonds is 2. The van der Waals surface area contributed by atoms with E-state index in [1.54, 1.807) is 24.0 Å². The normalized spacial score (nSPS) is 9.09. The summed E-state index contributed by atoms with van der Waals surface area (Å²) in [6.45, 7) is 2.09. The summed E-state index contributed by atoms with van der Waals surface area (Å²) in [5.41, 5.74) is 0.477. The largest absolute Gasteiger partial charge is 0.244 e. The third-order valence-corrected chi connectivity index (χ3v) is 2.03. The topological polar surface area (TPSA) is 36.7 Å². The van der Waals surface area contributed by atoms with Crippen molar-refractivity contribution in [2.75, 3.05) is 5.75 Å². The Balaban J connectivity index is 2.76. The SMILES string of the molecule is CCSc1ccc(C#N)nc1. The molecule has 0 saturated heterocycles. The Labute approximate surface area is 70.3 Å². The number of hydrogen-bond donors (Lipinski definition) is 0. The van der Waals surface area contributed by atoms with Crippen LogP contribution in [0.2, 0.25) is 0 Å². The van der Waals surface area contributed by atoms with Gasteiger partial charge in [0.2, 0.25) is 0 Å². The van der Waals surface area contributed by atoms with Gasteiger partial charge in [-0.15, -0.1) is 11.8 Å². The Morgan fingerprint density at radius 3 is 2.91 bits per heavy atom. The maximum absolute atomic E-state index is 8.44. The molecule has 0 radical (unpaired) electrons. The standard InChI is InChI=1S/C8H8N2S/c1-2-11-8-4-3-7(5-9)10-6-8/h3-4,6H,2H2,1H3. The summed E-state index contributed by atoms with van der Waals surface area (Å²) in [4.78, 5) is 5.05. The van der Waals surface area contributed by atoms with Crippen molar-refractivity contribution in [3.63, 3.8) is 0 Å². The second-order valence-corrected chi connectivity index (χ2v) is 3.26. The molecule has 0 aromatic carbocycles. The smallest absolute Gasteiger partial charge is 0.140 e. The lowest BCUT2D eigenvalue weighted by Crippen LogP contribution is -1.81. The first-order valence-corrected chi connectivity index (χ1v) is 4.34. The number of aromatic nitrogens is 1. The van der Waals surface area contributed by atoms with E-state index in [4.69, 9.17) is 5.26 Å². The molecule has 0 fully saturated rings. The van der Waals surface area contributed by atoms with Gasteiger partial charge in [-0.05, 0) is 17.9 Å². The predicted molar refractivity (Wildman–Crippen MR) is 45.4 cm³/mol. The van der Waals surface area contributed by atoms with Gasteiger partial charge in [-0.1, -0.05) is 6.92 Å². The molecule has 3 heteroatoms. The van der Waals surface area contributed by atoms with Crippen LogP contribution in [0.25, 0.3) is 0 Å². The van der Waals surface area contributed by atoms with Crippen molar-refractivity contribution in [3.05, 3.63) is 24.0 Å². The molecule has 1 aromatic rings. The first-order valence-electron chi connectivity index (χ1n) is 3.35. The van der Waals surface area contributed by atoms with Gasteiger partial charge in [-0.25, -0.2) is 4.98 Å². The van der Waals surface area contributed by atoms with Crippen LogP contribution in [0.3, 0.4) is 0 Å². The van der Waals surface area contributed by atoms with E-state index in [9.17, 15) is 0 Å². The highest BCUT2D eigenvalue weighted by Gasteiger charge is 1.92. The molecule has 56 valence electrons. The molecule has 0 atom stereocenters. The Morgan fingerprint density at radius 2 is 2.45 bits per heavy atom. The number of nitriles is 1. The van der Waals surface area contributed by atoms with E-state index in [1.807, 2.05) is 12.1 Å². The average Bonchev–Trinajstić information content (AvgIpc) is 2.07. The van der Waals surface area contributed by atoms with E-state index >= 15 is 0 Å². The Hall–Kier alpha value is -1.01. The van der Waals surface area contributed by atoms with Crippen LogP contribution in [0.1, 0.15) is 12.6 Å². The average molecular weight is 164 g/mol. The van der Waals surface area contributed by atoms with E-state index in [2.05, 4.69) is 11.9 Å². The first kappa shape index (κ1) is 8.09. The molecule has 0 aliphatic carbocycles. The van der Waals surface area contributed by atoms with E-state index in [0.29, 0.717) is 5.69 Å². The van der Waals surface area contributed by atoms with Gasteiger partial charge in [0.1, 0.15) is 11.8 Å². The second-order valence-electron chi connectivity index (χ2n) is 1.92. The van der Waals surface area contributed by atoms with E-state index in [-0.39, 0.29) is 0 Å². The van der Waals surface area contributed by atoms with Gasteiger partial charge < -0.3 is 0 Å². The van der Waals surface area contributed by atoms with Crippen LogP contribution in [0.15, 0.2) is 23.2 Å². The van der Waals surface area contributed by atoms with Crippen LogP contribution < -0.4 is 0 Å². The van der Waals surface area contributed by atoms with Crippen molar-refractivity contribution in [2.45, 2.75) is 11.8 Å². The lowest BCUT2D eigenvalue weighted by atomic mass is 10.4. The number of hydrogen-bond acceptors (Lipinski definition) is 3. The minimum atomic E-state index is 0.477. The highest BCUT2D eigenvalue weighted by molar-refractivity contribution is 7.99. The number of thioether (sulfide) groups is 1. The highest BCUT2D eigenvalue weighted by Crippen LogP contribution is 2.15.